The van der Waals surface area contributed by atoms with E-state index in [1.165, 1.54) is 32.1 Å². The lowest BCUT2D eigenvalue weighted by atomic mass is 9.47. The van der Waals surface area contributed by atoms with Crippen molar-refractivity contribution < 1.29 is 9.53 Å². The fourth-order valence-corrected chi connectivity index (χ4v) is 7.55. The predicted molar refractivity (Wildman–Crippen MR) is 100 cm³/mol. The van der Waals surface area contributed by atoms with Gasteiger partial charge in [0.05, 0.1) is 18.8 Å². The van der Waals surface area contributed by atoms with Gasteiger partial charge in [0.15, 0.2) is 0 Å². The molecule has 0 aromatic carbocycles. The van der Waals surface area contributed by atoms with Gasteiger partial charge in [-0.1, -0.05) is 26.3 Å². The standard InChI is InChI=1S/C22H35NO2/c1-5-13-25-18-14-15-16-7-6-10-21(16,2)11-8-17(15)22(3)12-9-19(24)23(4)20(18)22/h5,15-18,20H,1,6-14H2,2-4H3/t15-,16-,17+,18?,20?,21-,22+/m0/s1. The fraction of sp³-hybridized carbons (Fsp3) is 0.864. The first kappa shape index (κ1) is 17.6. The van der Waals surface area contributed by atoms with Crippen molar-refractivity contribution in [2.45, 2.75) is 77.4 Å². The molecule has 3 nitrogen and oxygen atoms in total. The van der Waals surface area contributed by atoms with Crippen LogP contribution in [-0.4, -0.2) is 36.6 Å². The molecule has 1 aliphatic heterocycles. The minimum absolute atomic E-state index is 0.168. The van der Waals surface area contributed by atoms with Gasteiger partial charge in [0.1, 0.15) is 0 Å². The van der Waals surface area contributed by atoms with Gasteiger partial charge in [0.2, 0.25) is 5.91 Å². The van der Waals surface area contributed by atoms with Gasteiger partial charge in [-0.25, -0.2) is 0 Å². The molecule has 0 N–H and O–H groups in total. The van der Waals surface area contributed by atoms with E-state index in [1.54, 1.807) is 0 Å². The van der Waals surface area contributed by atoms with Crippen LogP contribution in [0.5, 0.6) is 0 Å². The Balaban J connectivity index is 1.70. The average molecular weight is 346 g/mol. The Kier molecular flexibility index (Phi) is 4.30. The molecule has 3 heteroatoms. The van der Waals surface area contributed by atoms with Crippen molar-refractivity contribution in [3.05, 3.63) is 12.7 Å². The molecule has 1 amide bonds. The van der Waals surface area contributed by atoms with E-state index in [9.17, 15) is 4.79 Å². The second kappa shape index (κ2) is 6.11. The van der Waals surface area contributed by atoms with Gasteiger partial charge in [0.25, 0.3) is 0 Å². The number of carbonyl (C=O) groups excluding carboxylic acids is 1. The van der Waals surface area contributed by atoms with E-state index in [0.717, 1.165) is 30.6 Å². The van der Waals surface area contributed by atoms with Gasteiger partial charge in [-0.3, -0.25) is 4.79 Å². The van der Waals surface area contributed by atoms with E-state index >= 15 is 0 Å². The van der Waals surface area contributed by atoms with Gasteiger partial charge in [0, 0.05) is 13.5 Å². The third-order valence-electron chi connectivity index (χ3n) is 8.71. The van der Waals surface area contributed by atoms with Crippen LogP contribution in [0.25, 0.3) is 0 Å². The lowest BCUT2D eigenvalue weighted by Gasteiger charge is -2.63. The lowest BCUT2D eigenvalue weighted by molar-refractivity contribution is -0.186. The summed E-state index contributed by atoms with van der Waals surface area (Å²) in [4.78, 5) is 14.5. The summed E-state index contributed by atoms with van der Waals surface area (Å²) in [5, 5.41) is 0. The number of amides is 1. The van der Waals surface area contributed by atoms with Crippen LogP contribution < -0.4 is 0 Å². The highest BCUT2D eigenvalue weighted by molar-refractivity contribution is 5.77. The van der Waals surface area contributed by atoms with E-state index in [-0.39, 0.29) is 17.6 Å². The molecule has 25 heavy (non-hydrogen) atoms. The summed E-state index contributed by atoms with van der Waals surface area (Å²) >= 11 is 0. The Morgan fingerprint density at radius 1 is 1.24 bits per heavy atom. The maximum absolute atomic E-state index is 12.5. The zero-order valence-corrected chi connectivity index (χ0v) is 16.3. The van der Waals surface area contributed by atoms with Crippen molar-refractivity contribution in [3.63, 3.8) is 0 Å². The second-order valence-electron chi connectivity index (χ2n) is 9.81. The maximum Gasteiger partial charge on any atom is 0.222 e. The molecule has 3 saturated carbocycles. The van der Waals surface area contributed by atoms with Crippen molar-refractivity contribution in [1.29, 1.82) is 0 Å². The highest BCUT2D eigenvalue weighted by Crippen LogP contribution is 2.64. The summed E-state index contributed by atoms with van der Waals surface area (Å²) in [5.41, 5.74) is 0.769. The van der Waals surface area contributed by atoms with E-state index < -0.39 is 0 Å². The van der Waals surface area contributed by atoms with Crippen LogP contribution in [0.4, 0.5) is 0 Å². The van der Waals surface area contributed by atoms with Crippen LogP contribution in [0, 0.1) is 28.6 Å². The van der Waals surface area contributed by atoms with Gasteiger partial charge in [-0.2, -0.15) is 0 Å². The molecule has 0 spiro atoms. The van der Waals surface area contributed by atoms with Crippen molar-refractivity contribution in [3.8, 4) is 0 Å². The van der Waals surface area contributed by atoms with E-state index in [2.05, 4.69) is 20.4 Å². The monoisotopic (exact) mass is 345 g/mol. The molecule has 7 atom stereocenters. The van der Waals surface area contributed by atoms with Crippen LogP contribution in [0.15, 0.2) is 12.7 Å². The molecule has 1 heterocycles. The van der Waals surface area contributed by atoms with Gasteiger partial charge >= 0.3 is 0 Å². The maximum atomic E-state index is 12.5. The number of nitrogens with zero attached hydrogens (tertiary/aromatic N) is 1. The third kappa shape index (κ3) is 2.52. The van der Waals surface area contributed by atoms with Crippen molar-refractivity contribution in [1.82, 2.24) is 4.90 Å². The van der Waals surface area contributed by atoms with E-state index in [4.69, 9.17) is 4.74 Å². The van der Waals surface area contributed by atoms with Crippen molar-refractivity contribution in [2.75, 3.05) is 13.7 Å². The molecule has 0 radical (unpaired) electrons. The van der Waals surface area contributed by atoms with Crippen molar-refractivity contribution >= 4 is 5.91 Å². The second-order valence-corrected chi connectivity index (χ2v) is 9.81. The molecule has 0 aromatic rings. The fourth-order valence-electron chi connectivity index (χ4n) is 7.55. The third-order valence-corrected chi connectivity index (χ3v) is 8.71. The van der Waals surface area contributed by atoms with Crippen LogP contribution >= 0.6 is 0 Å². The summed E-state index contributed by atoms with van der Waals surface area (Å²) in [6, 6.07) is 0.237. The Hall–Kier alpha value is -0.830. The highest BCUT2D eigenvalue weighted by atomic mass is 16.5. The molecular weight excluding hydrogens is 310 g/mol. The van der Waals surface area contributed by atoms with Crippen molar-refractivity contribution in [2.24, 2.45) is 28.6 Å². The summed E-state index contributed by atoms with van der Waals surface area (Å²) in [7, 11) is 2.01. The van der Waals surface area contributed by atoms with Crippen LogP contribution in [0.2, 0.25) is 0 Å². The molecule has 0 aromatic heterocycles. The summed E-state index contributed by atoms with van der Waals surface area (Å²) in [6.45, 7) is 9.45. The zero-order chi connectivity index (χ0) is 17.8. The number of likely N-dealkylation sites (N-methyl/N-ethyl adjacent to an activating group) is 1. The number of rotatable bonds is 3. The Morgan fingerprint density at radius 3 is 2.80 bits per heavy atom. The predicted octanol–water partition coefficient (Wildman–Crippen LogP) is 4.42. The van der Waals surface area contributed by atoms with E-state index in [1.807, 2.05) is 18.0 Å². The molecule has 3 aliphatic carbocycles. The lowest BCUT2D eigenvalue weighted by Crippen LogP contribution is -2.66. The zero-order valence-electron chi connectivity index (χ0n) is 16.3. The number of ether oxygens (including phenoxy) is 1. The number of piperidine rings is 1. The largest absolute Gasteiger partial charge is 0.372 e. The summed E-state index contributed by atoms with van der Waals surface area (Å²) in [6.07, 6.45) is 11.9. The molecule has 4 aliphatic rings. The SMILES string of the molecule is C=CCOC1C[C@@H]2[C@@H](CC[C@]3(C)CCC[C@@H]23)[C@@]2(C)CCC(=O)N(C)C12. The first-order chi connectivity index (χ1) is 11.9. The first-order valence-corrected chi connectivity index (χ1v) is 10.4. The number of likely N-dealkylation sites (tertiary alicyclic amines) is 1. The van der Waals surface area contributed by atoms with Gasteiger partial charge < -0.3 is 9.64 Å². The summed E-state index contributed by atoms with van der Waals surface area (Å²) < 4.78 is 6.30. The van der Waals surface area contributed by atoms with Gasteiger partial charge in [-0.05, 0) is 67.1 Å². The Labute approximate surface area is 153 Å². The average Bonchev–Trinajstić information content (AvgIpc) is 2.98. The van der Waals surface area contributed by atoms with E-state index in [0.29, 0.717) is 24.3 Å². The van der Waals surface area contributed by atoms with Crippen LogP contribution in [-0.2, 0) is 9.53 Å². The van der Waals surface area contributed by atoms with Crippen LogP contribution in [0.1, 0.15) is 65.2 Å². The minimum atomic E-state index is 0.168. The number of hydrogen-bond donors (Lipinski definition) is 0. The smallest absolute Gasteiger partial charge is 0.222 e. The number of fused-ring (bicyclic) bond motifs is 5. The number of carbonyl (C=O) groups is 1. The molecule has 0 bridgehead atoms. The Bertz CT molecular complexity index is 560. The minimum Gasteiger partial charge on any atom is -0.372 e. The molecular formula is C22H35NO2. The van der Waals surface area contributed by atoms with Gasteiger partial charge in [-0.15, -0.1) is 6.58 Å². The normalized spacial score (nSPS) is 49.3. The van der Waals surface area contributed by atoms with Crippen LogP contribution in [0.3, 0.4) is 0 Å². The quantitative estimate of drug-likeness (QED) is 0.709. The number of hydrogen-bond acceptors (Lipinski definition) is 2. The molecule has 4 rings (SSSR count). The molecule has 140 valence electrons. The summed E-state index contributed by atoms with van der Waals surface area (Å²) in [5.74, 6) is 2.70. The molecule has 4 fully saturated rings. The molecule has 1 saturated heterocycles. The molecule has 2 unspecified atom stereocenters. The Morgan fingerprint density at radius 2 is 2.04 bits per heavy atom. The topological polar surface area (TPSA) is 29.5 Å². The first-order valence-electron chi connectivity index (χ1n) is 10.4. The highest BCUT2D eigenvalue weighted by Gasteiger charge is 2.61.